The van der Waals surface area contributed by atoms with Gasteiger partial charge < -0.3 is 28.8 Å². The molecular weight excluding hydrogens is 632 g/mol. The van der Waals surface area contributed by atoms with Crippen molar-refractivity contribution in [3.05, 3.63) is 0 Å². The molecule has 1 saturated heterocycles. The van der Waals surface area contributed by atoms with Crippen molar-refractivity contribution in [3.63, 3.8) is 0 Å². The molecule has 1 N–H and O–H groups in total. The summed E-state index contributed by atoms with van der Waals surface area (Å²) in [6, 6.07) is 0. The van der Waals surface area contributed by atoms with Crippen molar-refractivity contribution in [1.82, 2.24) is 0 Å². The monoisotopic (exact) mass is 698 g/mol. The van der Waals surface area contributed by atoms with E-state index in [0.29, 0.717) is 18.4 Å². The maximum Gasteiger partial charge on any atom is 0.313 e. The van der Waals surface area contributed by atoms with E-state index < -0.39 is 23.1 Å². The van der Waals surface area contributed by atoms with Crippen LogP contribution in [0.25, 0.3) is 0 Å². The maximum absolute atomic E-state index is 12.1. The third-order valence-corrected chi connectivity index (χ3v) is 10.5. The van der Waals surface area contributed by atoms with Crippen LogP contribution in [0, 0.1) is 34.0 Å². The van der Waals surface area contributed by atoms with E-state index in [2.05, 4.69) is 0 Å². The highest BCUT2D eigenvalue weighted by atomic mass is 16.7. The molecule has 4 rings (SSSR count). The Morgan fingerprint density at radius 3 is 1.73 bits per heavy atom. The van der Waals surface area contributed by atoms with E-state index in [4.69, 9.17) is 33.6 Å². The number of aliphatic carboxylic acids is 1. The molecule has 0 aromatic rings. The summed E-state index contributed by atoms with van der Waals surface area (Å²) in [5, 5.41) is 7.42. The molecule has 1 heterocycles. The molecule has 6 unspecified atom stereocenters. The van der Waals surface area contributed by atoms with E-state index >= 15 is 0 Å². The number of ether oxygens (including phenoxy) is 5. The third kappa shape index (κ3) is 13.5. The number of rotatable bonds is 11. The lowest BCUT2D eigenvalue weighted by Gasteiger charge is -2.29. The van der Waals surface area contributed by atoms with Crippen LogP contribution < -0.4 is 0 Å². The molecule has 284 valence electrons. The number of carbonyl (C=O) groups is 5. The third-order valence-electron chi connectivity index (χ3n) is 10.5. The molecule has 1 aliphatic heterocycles. The Labute approximate surface area is 294 Å². The van der Waals surface area contributed by atoms with Gasteiger partial charge in [-0.15, -0.1) is 0 Å². The Morgan fingerprint density at radius 2 is 1.27 bits per heavy atom. The van der Waals surface area contributed by atoms with Crippen LogP contribution in [0.1, 0.15) is 147 Å². The van der Waals surface area contributed by atoms with E-state index in [9.17, 15) is 19.2 Å². The van der Waals surface area contributed by atoms with Gasteiger partial charge in [-0.2, -0.15) is 0 Å². The first-order valence-corrected chi connectivity index (χ1v) is 18.3. The van der Waals surface area contributed by atoms with Crippen molar-refractivity contribution >= 4 is 29.8 Å². The highest BCUT2D eigenvalue weighted by Gasteiger charge is 2.63. The highest BCUT2D eigenvalue weighted by Crippen LogP contribution is 2.55. The summed E-state index contributed by atoms with van der Waals surface area (Å²) in [4.78, 5) is 56.0. The lowest BCUT2D eigenvalue weighted by atomic mass is 9.87. The predicted molar refractivity (Wildman–Crippen MR) is 185 cm³/mol. The van der Waals surface area contributed by atoms with Gasteiger partial charge in [0.25, 0.3) is 5.97 Å². The number of hydrogen-bond donors (Lipinski definition) is 1. The molecule has 2 bridgehead atoms. The second kappa shape index (κ2) is 19.6. The Morgan fingerprint density at radius 1 is 0.796 bits per heavy atom. The second-order valence-corrected chi connectivity index (χ2v) is 15.6. The van der Waals surface area contributed by atoms with Crippen LogP contribution >= 0.6 is 0 Å². The fourth-order valence-corrected chi connectivity index (χ4v) is 5.85. The minimum absolute atomic E-state index is 0.0214. The summed E-state index contributed by atoms with van der Waals surface area (Å²) in [6.07, 6.45) is 9.41. The van der Waals surface area contributed by atoms with Gasteiger partial charge in [-0.1, -0.05) is 27.2 Å². The number of carbonyl (C=O) groups excluding carboxylic acids is 4. The number of esters is 4. The van der Waals surface area contributed by atoms with Crippen molar-refractivity contribution < 1.29 is 52.8 Å². The predicted octanol–water partition coefficient (Wildman–Crippen LogP) is 7.65. The van der Waals surface area contributed by atoms with Crippen LogP contribution in [0.15, 0.2) is 0 Å². The first-order valence-electron chi connectivity index (χ1n) is 18.3. The van der Waals surface area contributed by atoms with Gasteiger partial charge in [0.15, 0.2) is 6.29 Å². The van der Waals surface area contributed by atoms with E-state index in [1.54, 1.807) is 6.92 Å². The van der Waals surface area contributed by atoms with Gasteiger partial charge in [0.2, 0.25) is 0 Å². The zero-order valence-electron chi connectivity index (χ0n) is 32.3. The van der Waals surface area contributed by atoms with Gasteiger partial charge in [0, 0.05) is 25.4 Å². The summed E-state index contributed by atoms with van der Waals surface area (Å²) >= 11 is 0. The zero-order chi connectivity index (χ0) is 37.7. The zero-order valence-corrected chi connectivity index (χ0v) is 32.3. The van der Waals surface area contributed by atoms with Gasteiger partial charge in [-0.05, 0) is 113 Å². The van der Waals surface area contributed by atoms with E-state index in [1.807, 2.05) is 69.2 Å². The average molecular weight is 699 g/mol. The Bertz CT molecular complexity index is 1090. The smallest absolute Gasteiger partial charge is 0.313 e. The van der Waals surface area contributed by atoms with Crippen molar-refractivity contribution in [1.29, 1.82) is 0 Å². The Balaban J connectivity index is 0.000000354. The fourth-order valence-electron chi connectivity index (χ4n) is 5.85. The molecule has 0 spiro atoms. The van der Waals surface area contributed by atoms with Crippen LogP contribution in [-0.2, 0) is 47.7 Å². The molecule has 3 aliphatic carbocycles. The topological polar surface area (TPSA) is 152 Å². The normalized spacial score (nSPS) is 24.8. The van der Waals surface area contributed by atoms with Crippen LogP contribution in [0.4, 0.5) is 0 Å². The van der Waals surface area contributed by atoms with Gasteiger partial charge in [-0.3, -0.25) is 24.0 Å². The average Bonchev–Trinajstić information content (AvgIpc) is 3.67. The maximum atomic E-state index is 12.1. The lowest BCUT2D eigenvalue weighted by molar-refractivity contribution is -0.184. The molecule has 0 aromatic heterocycles. The van der Waals surface area contributed by atoms with Crippen molar-refractivity contribution in [3.8, 4) is 0 Å². The minimum Gasteiger partial charge on any atom is -0.481 e. The van der Waals surface area contributed by atoms with E-state index in [1.165, 1.54) is 19.3 Å². The van der Waals surface area contributed by atoms with E-state index in [0.717, 1.165) is 51.9 Å². The summed E-state index contributed by atoms with van der Waals surface area (Å²) in [7, 11) is 0. The quantitative estimate of drug-likeness (QED) is 0.129. The molecule has 4 fully saturated rings. The van der Waals surface area contributed by atoms with Gasteiger partial charge in [-0.25, -0.2) is 0 Å². The SMILES string of the molecule is CC(=O)O.CCC(C)(C)C(=O)OC1C2CC3C(=O)OC1C3C2.CCC(C)(C)C(=O)OC1CCCCC1.CCOC(C)OC(=O)C(C)(C)CC. The second-order valence-electron chi connectivity index (χ2n) is 15.6. The van der Waals surface area contributed by atoms with Gasteiger partial charge in [0.05, 0.1) is 22.2 Å². The molecule has 0 amide bonds. The summed E-state index contributed by atoms with van der Waals surface area (Å²) in [5.41, 5.74) is -1.17. The fraction of sp³-hybridized carbons (Fsp3) is 0.868. The van der Waals surface area contributed by atoms with Crippen molar-refractivity contribution in [2.24, 2.45) is 34.0 Å². The first kappa shape index (κ1) is 44.3. The van der Waals surface area contributed by atoms with Crippen molar-refractivity contribution in [2.45, 2.75) is 172 Å². The number of hydrogen-bond acceptors (Lipinski definition) is 10. The summed E-state index contributed by atoms with van der Waals surface area (Å²) in [5.74, 6) is -0.599. The molecule has 0 radical (unpaired) electrons. The number of carboxylic acids is 1. The number of carboxylic acid groups (broad SMARTS) is 1. The van der Waals surface area contributed by atoms with Crippen molar-refractivity contribution in [2.75, 3.05) is 6.61 Å². The molecule has 11 nitrogen and oxygen atoms in total. The first-order chi connectivity index (χ1) is 22.7. The standard InChI is InChI=1S/C14H20O4.C12H22O2.C10H20O3.C2H4O2/c1-4-14(2,3)13(16)18-10-7-5-8-9(6-7)12(15)17-11(8)10;1-4-12(2,3)11(13)14-10-8-6-5-7-9-10;1-6-10(4,5)9(11)13-8(3)12-7-2;1-2(3)4/h7-11H,4-6H2,1-3H3;10H,4-9H2,1-3H3;8H,6-7H2,1-5H3;1H3,(H,3,4). The van der Waals surface area contributed by atoms with Crippen LogP contribution in [0.3, 0.4) is 0 Å². The van der Waals surface area contributed by atoms with Crippen LogP contribution in [0.5, 0.6) is 0 Å². The van der Waals surface area contributed by atoms with E-state index in [-0.39, 0.29) is 53.5 Å². The Hall–Kier alpha value is -2.69. The lowest BCUT2D eigenvalue weighted by Crippen LogP contribution is -2.39. The van der Waals surface area contributed by atoms with Gasteiger partial charge in [0.1, 0.15) is 18.3 Å². The largest absolute Gasteiger partial charge is 0.481 e. The Kier molecular flexibility index (Phi) is 17.8. The minimum atomic E-state index is -0.833. The van der Waals surface area contributed by atoms with Crippen LogP contribution in [-0.4, -0.2) is 66.2 Å². The number of fused-ring (bicyclic) bond motifs is 1. The summed E-state index contributed by atoms with van der Waals surface area (Å²) in [6.45, 7) is 22.7. The van der Waals surface area contributed by atoms with Crippen LogP contribution in [0.2, 0.25) is 0 Å². The summed E-state index contributed by atoms with van der Waals surface area (Å²) < 4.78 is 26.7. The molecular formula is C38H66O11. The molecule has 0 aromatic carbocycles. The molecule has 6 atom stereocenters. The molecule has 11 heteroatoms. The molecule has 49 heavy (non-hydrogen) atoms. The highest BCUT2D eigenvalue weighted by molar-refractivity contribution is 5.78. The molecule has 3 saturated carbocycles. The van der Waals surface area contributed by atoms with Gasteiger partial charge >= 0.3 is 23.9 Å². The molecule has 4 aliphatic rings.